The van der Waals surface area contributed by atoms with Crippen LogP contribution in [0.15, 0.2) is 50.7 Å². The van der Waals surface area contributed by atoms with E-state index in [4.69, 9.17) is 13.3 Å². The zero-order valence-electron chi connectivity index (χ0n) is 18.3. The molecule has 4 unspecified atom stereocenters. The van der Waals surface area contributed by atoms with E-state index in [2.05, 4.69) is 0 Å². The van der Waals surface area contributed by atoms with Gasteiger partial charge in [-0.1, -0.05) is 37.6 Å². The summed E-state index contributed by atoms with van der Waals surface area (Å²) in [5, 5.41) is 0. The Hall–Kier alpha value is -1.87. The van der Waals surface area contributed by atoms with Crippen LogP contribution in [0.3, 0.4) is 0 Å². The Morgan fingerprint density at radius 3 is 2.62 bits per heavy atom. The van der Waals surface area contributed by atoms with Gasteiger partial charge in [-0.15, -0.1) is 0 Å². The summed E-state index contributed by atoms with van der Waals surface area (Å²) < 4.78 is 37.0. The molecule has 1 aliphatic rings. The van der Waals surface area contributed by atoms with E-state index in [-0.39, 0.29) is 0 Å². The Morgan fingerprint density at radius 2 is 2.00 bits per heavy atom. The minimum atomic E-state index is -1.44. The van der Waals surface area contributed by atoms with Crippen molar-refractivity contribution < 1.29 is 13.3 Å². The van der Waals surface area contributed by atoms with Crippen LogP contribution >= 0.6 is 0 Å². The topological polar surface area (TPSA) is 39.4 Å². The molecule has 0 fully saturated rings. The molecule has 0 aromatic carbocycles. The molecule has 24 heavy (non-hydrogen) atoms. The van der Waals surface area contributed by atoms with Gasteiger partial charge >= 0.3 is 5.63 Å². The quantitative estimate of drug-likeness (QED) is 0.589. The van der Waals surface area contributed by atoms with E-state index in [9.17, 15) is 4.79 Å². The molecule has 130 valence electrons. The van der Waals surface area contributed by atoms with Crippen molar-refractivity contribution >= 4 is 6.08 Å². The molecule has 0 radical (unpaired) electrons. The standard InChI is InChI=1S/C21H28O3/c1-13(9-18-10-14(2)11-21(22)24-18)7-8-19-15(3)12-20(23-6)17(5)16(19)4/h7-12,16-17,19-20H,1-6H3/b8-7+,13-9+/i16D,17D,19D. The molecule has 0 spiro atoms. The van der Waals surface area contributed by atoms with Gasteiger partial charge in [0.15, 0.2) is 0 Å². The van der Waals surface area contributed by atoms with Crippen LogP contribution in [0, 0.1) is 24.6 Å². The van der Waals surface area contributed by atoms with Crippen LogP contribution in [0.5, 0.6) is 0 Å². The van der Waals surface area contributed by atoms with Crippen molar-refractivity contribution in [1.82, 2.24) is 0 Å². The summed E-state index contributed by atoms with van der Waals surface area (Å²) >= 11 is 0. The summed E-state index contributed by atoms with van der Waals surface area (Å²) in [5.41, 5.74) is 1.85. The van der Waals surface area contributed by atoms with Crippen molar-refractivity contribution in [3.05, 3.63) is 63.3 Å². The second kappa shape index (κ2) is 7.80. The van der Waals surface area contributed by atoms with Crippen molar-refractivity contribution in [3.63, 3.8) is 0 Å². The highest BCUT2D eigenvalue weighted by molar-refractivity contribution is 5.51. The molecule has 0 saturated heterocycles. The fraction of sp³-hybridized carbons (Fsp3) is 0.476. The van der Waals surface area contributed by atoms with E-state index in [1.165, 1.54) is 13.2 Å². The number of hydrogen-bond donors (Lipinski definition) is 0. The first-order chi connectivity index (χ1) is 12.3. The third kappa shape index (κ3) is 4.35. The molecule has 3 nitrogen and oxygen atoms in total. The van der Waals surface area contributed by atoms with Crippen LogP contribution in [-0.4, -0.2) is 13.2 Å². The van der Waals surface area contributed by atoms with Crippen LogP contribution in [-0.2, 0) is 4.74 Å². The van der Waals surface area contributed by atoms with Gasteiger partial charge in [0.1, 0.15) is 5.76 Å². The maximum Gasteiger partial charge on any atom is 0.336 e. The van der Waals surface area contributed by atoms with E-state index in [0.717, 1.165) is 11.1 Å². The van der Waals surface area contributed by atoms with Crippen LogP contribution in [0.1, 0.15) is 43.1 Å². The molecule has 4 atom stereocenters. The molecular weight excluding hydrogens is 300 g/mol. The number of allylic oxidation sites excluding steroid dienone is 4. The lowest BCUT2D eigenvalue weighted by atomic mass is 9.72. The third-order valence-electron chi connectivity index (χ3n) is 4.32. The number of hydrogen-bond acceptors (Lipinski definition) is 3. The summed E-state index contributed by atoms with van der Waals surface area (Å²) in [6, 6.07) is 3.18. The number of aryl methyl sites for hydroxylation is 1. The van der Waals surface area contributed by atoms with Gasteiger partial charge in [-0.05, 0) is 55.8 Å². The van der Waals surface area contributed by atoms with Crippen molar-refractivity contribution in [2.45, 2.75) is 40.7 Å². The van der Waals surface area contributed by atoms with Gasteiger partial charge in [-0.3, -0.25) is 0 Å². The smallest absolute Gasteiger partial charge is 0.336 e. The van der Waals surface area contributed by atoms with Gasteiger partial charge in [0, 0.05) is 23.2 Å². The van der Waals surface area contributed by atoms with Crippen molar-refractivity contribution in [3.8, 4) is 0 Å². The number of methoxy groups -OCH3 is 1. The molecule has 0 aliphatic heterocycles. The van der Waals surface area contributed by atoms with Crippen LogP contribution in [0.2, 0.25) is 0 Å². The Bertz CT molecular complexity index is 862. The molecule has 1 heterocycles. The first kappa shape index (κ1) is 14.5. The monoisotopic (exact) mass is 331 g/mol. The van der Waals surface area contributed by atoms with Gasteiger partial charge in [0.25, 0.3) is 0 Å². The minimum Gasteiger partial charge on any atom is -0.423 e. The molecule has 0 bridgehead atoms. The molecule has 0 N–H and O–H groups in total. The Kier molecular flexibility index (Phi) is 4.70. The first-order valence-electron chi connectivity index (χ1n) is 9.56. The fourth-order valence-electron chi connectivity index (χ4n) is 2.85. The van der Waals surface area contributed by atoms with Gasteiger partial charge in [-0.25, -0.2) is 4.79 Å². The summed E-state index contributed by atoms with van der Waals surface area (Å²) in [7, 11) is 1.52. The number of ether oxygens (including phenoxy) is 1. The molecule has 2 rings (SSSR count). The predicted octanol–water partition coefficient (Wildman–Crippen LogP) is 4.77. The summed E-state index contributed by atoms with van der Waals surface area (Å²) in [6.45, 7) is 8.70. The second-order valence-electron chi connectivity index (χ2n) is 6.31. The van der Waals surface area contributed by atoms with Crippen LogP contribution < -0.4 is 5.63 Å². The molecule has 3 heteroatoms. The van der Waals surface area contributed by atoms with Crippen molar-refractivity contribution in [2.75, 3.05) is 7.11 Å². The molecule has 1 aliphatic carbocycles. The van der Waals surface area contributed by atoms with E-state index in [1.54, 1.807) is 51.1 Å². The highest BCUT2D eigenvalue weighted by Crippen LogP contribution is 2.36. The summed E-state index contributed by atoms with van der Waals surface area (Å²) in [4.78, 5) is 11.5. The molecular formula is C21H28O3. The lowest BCUT2D eigenvalue weighted by Crippen LogP contribution is -2.33. The van der Waals surface area contributed by atoms with E-state index in [1.807, 2.05) is 13.8 Å². The first-order valence-corrected chi connectivity index (χ1v) is 8.06. The Morgan fingerprint density at radius 1 is 1.29 bits per heavy atom. The van der Waals surface area contributed by atoms with Gasteiger partial charge in [-0.2, -0.15) is 0 Å². The van der Waals surface area contributed by atoms with Gasteiger partial charge < -0.3 is 9.15 Å². The largest absolute Gasteiger partial charge is 0.423 e. The SMILES string of the molecule is [2H]C1(/C=C/C(C)=C/c2cc(C)cc(=O)o2)C(C)=CC(OC)C([2H])(C)C1([2H])C. The summed E-state index contributed by atoms with van der Waals surface area (Å²) in [6.07, 6.45) is 6.31. The maximum absolute atomic E-state index is 11.5. The predicted molar refractivity (Wildman–Crippen MR) is 98.9 cm³/mol. The normalized spacial score (nSPS) is 39.2. The molecule has 1 aromatic heterocycles. The second-order valence-corrected chi connectivity index (χ2v) is 6.31. The van der Waals surface area contributed by atoms with Gasteiger partial charge in [0.2, 0.25) is 0 Å². The van der Waals surface area contributed by atoms with E-state index < -0.39 is 29.4 Å². The fourth-order valence-corrected chi connectivity index (χ4v) is 2.85. The maximum atomic E-state index is 11.5. The zero-order valence-corrected chi connectivity index (χ0v) is 15.3. The third-order valence-corrected chi connectivity index (χ3v) is 4.32. The molecule has 0 saturated carbocycles. The van der Waals surface area contributed by atoms with E-state index in [0.29, 0.717) is 11.3 Å². The highest BCUT2D eigenvalue weighted by Gasteiger charge is 2.31. The Labute approximate surface area is 148 Å². The van der Waals surface area contributed by atoms with E-state index >= 15 is 0 Å². The highest BCUT2D eigenvalue weighted by atomic mass is 16.5. The molecule has 1 aromatic rings. The summed E-state index contributed by atoms with van der Waals surface area (Å²) in [5.74, 6) is -3.68. The average Bonchev–Trinajstić information content (AvgIpc) is 2.54. The average molecular weight is 331 g/mol. The Balaban J connectivity index is 2.44. The van der Waals surface area contributed by atoms with Crippen LogP contribution in [0.4, 0.5) is 0 Å². The zero-order chi connectivity index (χ0) is 20.6. The number of rotatable bonds is 4. The van der Waals surface area contributed by atoms with Crippen LogP contribution in [0.25, 0.3) is 6.08 Å². The lowest BCUT2D eigenvalue weighted by molar-refractivity contribution is 0.0569. The minimum absolute atomic E-state index is 0.407. The molecule has 0 amide bonds. The van der Waals surface area contributed by atoms with Crippen molar-refractivity contribution in [1.29, 1.82) is 0 Å². The van der Waals surface area contributed by atoms with Crippen molar-refractivity contribution in [2.24, 2.45) is 17.7 Å². The lowest BCUT2D eigenvalue weighted by Gasteiger charge is -2.36. The van der Waals surface area contributed by atoms with Gasteiger partial charge in [0.05, 0.1) is 6.10 Å².